The molecular weight excluding hydrogens is 1610 g/mol. The quantitative estimate of drug-likeness (QED) is 0.135. The first-order chi connectivity index (χ1) is 66.0. The smallest absolute Gasteiger partial charge is 0.136 e. The molecule has 0 saturated heterocycles. The highest BCUT2D eigenvalue weighted by molar-refractivity contribution is 6.29. The third-order valence-electron chi connectivity index (χ3n) is 27.5. The highest BCUT2D eigenvalue weighted by Crippen LogP contribution is 2.53. The average Bonchev–Trinajstić information content (AvgIpc) is 1.61. The van der Waals surface area contributed by atoms with E-state index in [1.54, 1.807) is 0 Å². The summed E-state index contributed by atoms with van der Waals surface area (Å²) in [4.78, 5) is 0. The molecule has 0 amide bonds. The van der Waals surface area contributed by atoms with Gasteiger partial charge in [-0.15, -0.1) is 0 Å². The predicted octanol–water partition coefficient (Wildman–Crippen LogP) is 37.3. The lowest BCUT2D eigenvalue weighted by molar-refractivity contribution is 0.668. The van der Waals surface area contributed by atoms with E-state index >= 15 is 0 Å². The Hall–Kier alpha value is -17.5. The topological polar surface area (TPSA) is 39.4 Å². The molecule has 28 aromatic rings. The molecule has 3 heteroatoms. The molecule has 618 valence electrons. The Morgan fingerprint density at radius 2 is 0.338 bits per heavy atom. The van der Waals surface area contributed by atoms with Gasteiger partial charge in [-0.1, -0.05) is 419 Å². The van der Waals surface area contributed by atoms with Crippen molar-refractivity contribution in [3.05, 3.63) is 485 Å². The van der Waals surface area contributed by atoms with Crippen LogP contribution >= 0.6 is 0 Å². The normalized spacial score (nSPS) is 11.8. The van der Waals surface area contributed by atoms with Crippen LogP contribution in [0.4, 0.5) is 0 Å². The van der Waals surface area contributed by atoms with E-state index in [1.165, 1.54) is 208 Å². The first-order valence-electron chi connectivity index (χ1n) is 45.7. The molecule has 0 fully saturated rings. The van der Waals surface area contributed by atoms with E-state index in [1.807, 2.05) is 24.3 Å². The number of furan rings is 3. The van der Waals surface area contributed by atoms with Crippen LogP contribution in [0, 0.1) is 0 Å². The lowest BCUT2D eigenvalue weighted by atomic mass is 9.82. The van der Waals surface area contributed by atoms with Crippen molar-refractivity contribution in [1.82, 2.24) is 0 Å². The molecule has 0 aliphatic carbocycles. The van der Waals surface area contributed by atoms with E-state index in [0.717, 1.165) is 65.8 Å². The SMILES string of the molecule is c1ccc(-c2c3ccccc3c(-c3ccccc3)c3cc(-c4cccc5oc6ccccc6c45)ccc23)cc1.c1ccc2c(-c3c4ccccc4c(-c4cccc5ccccc45)c4cc(-c5cccc6oc7ccccc7c56)ccc34)cccc2c1.c1ccc2cc(-c3c4ccccc4c(-c4ccc5ccccc5c4)c4cc(-c5cccc6oc7ccccc7c56)ccc34)ccc2c1. The molecule has 0 spiro atoms. The minimum absolute atomic E-state index is 0.910. The van der Waals surface area contributed by atoms with Gasteiger partial charge in [-0.2, -0.15) is 0 Å². The molecular formula is C130H80O3. The molecule has 3 nitrogen and oxygen atoms in total. The van der Waals surface area contributed by atoms with Crippen molar-refractivity contribution in [3.8, 4) is 100 Å². The minimum Gasteiger partial charge on any atom is -0.456 e. The van der Waals surface area contributed by atoms with Crippen molar-refractivity contribution in [2.75, 3.05) is 0 Å². The number of fused-ring (bicyclic) bond motifs is 19. The fraction of sp³-hybridized carbons (Fsp3) is 0. The minimum atomic E-state index is 0.910. The molecule has 28 rings (SSSR count). The fourth-order valence-corrected chi connectivity index (χ4v) is 21.7. The highest BCUT2D eigenvalue weighted by Gasteiger charge is 2.26. The van der Waals surface area contributed by atoms with Gasteiger partial charge in [-0.25, -0.2) is 0 Å². The van der Waals surface area contributed by atoms with Gasteiger partial charge < -0.3 is 13.3 Å². The summed E-state index contributed by atoms with van der Waals surface area (Å²) >= 11 is 0. The molecule has 0 N–H and O–H groups in total. The summed E-state index contributed by atoms with van der Waals surface area (Å²) in [5.74, 6) is 0. The number of hydrogen-bond acceptors (Lipinski definition) is 3. The molecule has 0 radical (unpaired) electrons. The molecule has 3 aromatic heterocycles. The summed E-state index contributed by atoms with van der Waals surface area (Å²) in [6.07, 6.45) is 0. The molecule has 0 unspecified atom stereocenters. The zero-order chi connectivity index (χ0) is 87.6. The van der Waals surface area contributed by atoms with Gasteiger partial charge in [-0.3, -0.25) is 0 Å². The van der Waals surface area contributed by atoms with E-state index < -0.39 is 0 Å². The predicted molar refractivity (Wildman–Crippen MR) is 565 cm³/mol. The second kappa shape index (κ2) is 31.8. The Kier molecular flexibility index (Phi) is 18.3. The highest BCUT2D eigenvalue weighted by atomic mass is 16.3. The van der Waals surface area contributed by atoms with E-state index in [4.69, 9.17) is 13.3 Å². The van der Waals surface area contributed by atoms with Crippen LogP contribution in [-0.4, -0.2) is 0 Å². The Morgan fingerprint density at radius 1 is 0.105 bits per heavy atom. The van der Waals surface area contributed by atoms with Gasteiger partial charge in [0.1, 0.15) is 33.5 Å². The van der Waals surface area contributed by atoms with Crippen LogP contribution in [0.1, 0.15) is 0 Å². The Bertz CT molecular complexity index is 9590. The van der Waals surface area contributed by atoms with Gasteiger partial charge in [0, 0.05) is 32.3 Å². The maximum absolute atomic E-state index is 6.32. The first-order valence-corrected chi connectivity index (χ1v) is 45.7. The monoisotopic (exact) mass is 1690 g/mol. The van der Waals surface area contributed by atoms with Crippen molar-refractivity contribution < 1.29 is 13.3 Å². The number of rotatable bonds is 9. The van der Waals surface area contributed by atoms with Gasteiger partial charge in [0.05, 0.1) is 0 Å². The van der Waals surface area contributed by atoms with Gasteiger partial charge in [-0.05, 0) is 275 Å². The lowest BCUT2D eigenvalue weighted by Gasteiger charge is -2.20. The number of para-hydroxylation sites is 3. The standard InChI is InChI=1S/2C46H28O.C38H24O/c1-3-16-32-29(12-1)14-9-22-35(32)44-37-18-5-6-19-38(37)45(36-23-10-15-30-13-2-4-17-33(30)36)41-28-31(26-27-39(41)44)34-21-11-25-43-46(34)40-20-7-8-24-42(40)47-43;1-3-12-31-26-34(22-20-29(31)10-1)44-37-14-5-6-15-38(37)45(35-23-21-30-11-2-4-13-32(30)27-35)41-28-33(24-25-39(41)44)36-17-9-19-43-46(36)40-16-7-8-18-42(40)47-43;1-3-12-25(13-4-1)36-29-16-7-8-17-30(29)37(26-14-5-2-6-15-26)33-24-27(22-23-31(33)36)28-19-11-21-35-38(28)32-18-9-10-20-34(32)39-35/h2*1-28H;1-24H. The fourth-order valence-electron chi connectivity index (χ4n) is 21.7. The number of benzene rings is 25. The molecule has 25 aromatic carbocycles. The van der Waals surface area contributed by atoms with E-state index in [0.29, 0.717) is 0 Å². The van der Waals surface area contributed by atoms with Crippen molar-refractivity contribution >= 4 is 174 Å². The van der Waals surface area contributed by atoms with Crippen LogP contribution < -0.4 is 0 Å². The third kappa shape index (κ3) is 12.9. The van der Waals surface area contributed by atoms with Crippen LogP contribution in [0.5, 0.6) is 0 Å². The molecule has 0 aliphatic heterocycles. The zero-order valence-corrected chi connectivity index (χ0v) is 72.4. The van der Waals surface area contributed by atoms with Crippen molar-refractivity contribution in [1.29, 1.82) is 0 Å². The molecule has 133 heavy (non-hydrogen) atoms. The maximum Gasteiger partial charge on any atom is 0.136 e. The zero-order valence-electron chi connectivity index (χ0n) is 72.4. The summed E-state index contributed by atoms with van der Waals surface area (Å²) in [6, 6.07) is 175. The first kappa shape index (κ1) is 76.7. The van der Waals surface area contributed by atoms with Crippen molar-refractivity contribution in [2.45, 2.75) is 0 Å². The van der Waals surface area contributed by atoms with E-state index in [2.05, 4.69) is 461 Å². The Labute approximate surface area is 766 Å². The Morgan fingerprint density at radius 3 is 0.722 bits per heavy atom. The summed E-state index contributed by atoms with van der Waals surface area (Å²) in [5.41, 5.74) is 27.6. The Balaban J connectivity index is 0.000000105. The van der Waals surface area contributed by atoms with Crippen LogP contribution in [0.2, 0.25) is 0 Å². The van der Waals surface area contributed by atoms with Gasteiger partial charge in [0.25, 0.3) is 0 Å². The number of hydrogen-bond donors (Lipinski definition) is 0. The van der Waals surface area contributed by atoms with Crippen LogP contribution in [-0.2, 0) is 0 Å². The summed E-state index contributed by atoms with van der Waals surface area (Å²) in [7, 11) is 0. The van der Waals surface area contributed by atoms with Crippen LogP contribution in [0.15, 0.2) is 499 Å². The molecule has 3 heterocycles. The van der Waals surface area contributed by atoms with Crippen molar-refractivity contribution in [3.63, 3.8) is 0 Å². The van der Waals surface area contributed by atoms with Gasteiger partial charge >= 0.3 is 0 Å². The second-order valence-electron chi connectivity index (χ2n) is 34.9. The summed E-state index contributed by atoms with van der Waals surface area (Å²) in [5, 5.41) is 31.9. The van der Waals surface area contributed by atoms with Gasteiger partial charge in [0.15, 0.2) is 0 Å². The molecule has 0 atom stereocenters. The molecule has 0 saturated carbocycles. The van der Waals surface area contributed by atoms with E-state index in [9.17, 15) is 0 Å². The third-order valence-corrected chi connectivity index (χ3v) is 27.5. The van der Waals surface area contributed by atoms with Crippen LogP contribution in [0.3, 0.4) is 0 Å². The van der Waals surface area contributed by atoms with Crippen LogP contribution in [0.25, 0.3) is 274 Å². The maximum atomic E-state index is 6.32. The van der Waals surface area contributed by atoms with Crippen molar-refractivity contribution in [2.24, 2.45) is 0 Å². The summed E-state index contributed by atoms with van der Waals surface area (Å²) < 4.78 is 18.9. The summed E-state index contributed by atoms with van der Waals surface area (Å²) in [6.45, 7) is 0. The second-order valence-corrected chi connectivity index (χ2v) is 34.9. The van der Waals surface area contributed by atoms with E-state index in [-0.39, 0.29) is 0 Å². The molecule has 0 bridgehead atoms. The average molecular weight is 1690 g/mol. The molecule has 0 aliphatic rings. The lowest BCUT2D eigenvalue weighted by Crippen LogP contribution is -1.93. The largest absolute Gasteiger partial charge is 0.456 e. The van der Waals surface area contributed by atoms with Gasteiger partial charge in [0.2, 0.25) is 0 Å².